The summed E-state index contributed by atoms with van der Waals surface area (Å²) in [6, 6.07) is 5.93. The minimum Gasteiger partial charge on any atom is -0.478 e. The number of aliphatic hydroxyl groups is 1. The van der Waals surface area contributed by atoms with E-state index in [1.54, 1.807) is 4.90 Å². The van der Waals surface area contributed by atoms with Gasteiger partial charge in [-0.3, -0.25) is 4.79 Å². The monoisotopic (exact) mass is 279 g/mol. The SMILES string of the molecule is CCC(CC)N(CCO)C(=O)c1ccc(C(=O)O)cc1. The van der Waals surface area contributed by atoms with Crippen LogP contribution in [0, 0.1) is 0 Å². The predicted molar refractivity (Wildman–Crippen MR) is 75.9 cm³/mol. The van der Waals surface area contributed by atoms with E-state index < -0.39 is 5.97 Å². The summed E-state index contributed by atoms with van der Waals surface area (Å²) in [6.07, 6.45) is 1.63. The van der Waals surface area contributed by atoms with Gasteiger partial charge in [-0.2, -0.15) is 0 Å². The average Bonchev–Trinajstić information content (AvgIpc) is 2.47. The summed E-state index contributed by atoms with van der Waals surface area (Å²) in [4.78, 5) is 24.9. The smallest absolute Gasteiger partial charge is 0.335 e. The lowest BCUT2D eigenvalue weighted by Crippen LogP contribution is -2.41. The highest BCUT2D eigenvalue weighted by atomic mass is 16.4. The summed E-state index contributed by atoms with van der Waals surface area (Å²) in [5, 5.41) is 18.0. The van der Waals surface area contributed by atoms with Crippen molar-refractivity contribution < 1.29 is 19.8 Å². The van der Waals surface area contributed by atoms with E-state index >= 15 is 0 Å². The normalized spacial score (nSPS) is 10.6. The van der Waals surface area contributed by atoms with Crippen molar-refractivity contribution in [1.82, 2.24) is 4.90 Å². The standard InChI is InChI=1S/C15H21NO4/c1-3-13(4-2)16(9-10-17)14(18)11-5-7-12(8-6-11)15(19)20/h5-8,13,17H,3-4,9-10H2,1-2H3,(H,19,20). The van der Waals surface area contributed by atoms with E-state index in [1.807, 2.05) is 13.8 Å². The molecular weight excluding hydrogens is 258 g/mol. The summed E-state index contributed by atoms with van der Waals surface area (Å²) in [7, 11) is 0. The van der Waals surface area contributed by atoms with Crippen LogP contribution in [0.1, 0.15) is 47.4 Å². The number of hydrogen-bond donors (Lipinski definition) is 2. The molecule has 5 nitrogen and oxygen atoms in total. The van der Waals surface area contributed by atoms with Crippen LogP contribution in [-0.4, -0.2) is 46.2 Å². The maximum atomic E-state index is 12.4. The highest BCUT2D eigenvalue weighted by Gasteiger charge is 2.22. The van der Waals surface area contributed by atoms with Crippen LogP contribution in [0.4, 0.5) is 0 Å². The molecule has 20 heavy (non-hydrogen) atoms. The van der Waals surface area contributed by atoms with Crippen LogP contribution in [0.3, 0.4) is 0 Å². The van der Waals surface area contributed by atoms with E-state index in [1.165, 1.54) is 24.3 Å². The maximum Gasteiger partial charge on any atom is 0.335 e. The van der Waals surface area contributed by atoms with Crippen LogP contribution in [0.25, 0.3) is 0 Å². The maximum absolute atomic E-state index is 12.4. The molecule has 110 valence electrons. The minimum absolute atomic E-state index is 0.0776. The van der Waals surface area contributed by atoms with E-state index in [0.29, 0.717) is 5.56 Å². The molecule has 0 aromatic heterocycles. The summed E-state index contributed by atoms with van der Waals surface area (Å²) in [5.41, 5.74) is 0.591. The third kappa shape index (κ3) is 3.81. The number of aliphatic hydroxyl groups excluding tert-OH is 1. The van der Waals surface area contributed by atoms with Crippen molar-refractivity contribution in [1.29, 1.82) is 0 Å². The number of benzene rings is 1. The molecule has 0 saturated heterocycles. The second kappa shape index (κ2) is 7.65. The molecule has 0 saturated carbocycles. The fourth-order valence-corrected chi connectivity index (χ4v) is 2.21. The molecule has 0 spiro atoms. The first-order chi connectivity index (χ1) is 9.54. The van der Waals surface area contributed by atoms with Gasteiger partial charge in [-0.25, -0.2) is 4.79 Å². The van der Waals surface area contributed by atoms with Gasteiger partial charge in [0.1, 0.15) is 0 Å². The summed E-state index contributed by atoms with van der Waals surface area (Å²) < 4.78 is 0. The predicted octanol–water partition coefficient (Wildman–Crippen LogP) is 2.01. The van der Waals surface area contributed by atoms with Crippen LogP contribution in [0.15, 0.2) is 24.3 Å². The fourth-order valence-electron chi connectivity index (χ4n) is 2.21. The first-order valence-electron chi connectivity index (χ1n) is 6.80. The van der Waals surface area contributed by atoms with Crippen molar-refractivity contribution in [2.75, 3.05) is 13.2 Å². The van der Waals surface area contributed by atoms with Crippen molar-refractivity contribution in [3.8, 4) is 0 Å². The lowest BCUT2D eigenvalue weighted by Gasteiger charge is -2.30. The Balaban J connectivity index is 2.96. The van der Waals surface area contributed by atoms with Crippen LogP contribution in [-0.2, 0) is 0 Å². The average molecular weight is 279 g/mol. The zero-order chi connectivity index (χ0) is 15.1. The molecule has 2 N–H and O–H groups in total. The van der Waals surface area contributed by atoms with Gasteiger partial charge < -0.3 is 15.1 Å². The number of carbonyl (C=O) groups excluding carboxylic acids is 1. The van der Waals surface area contributed by atoms with Crippen LogP contribution >= 0.6 is 0 Å². The fraction of sp³-hybridized carbons (Fsp3) is 0.467. The lowest BCUT2D eigenvalue weighted by molar-refractivity contribution is 0.0620. The molecule has 0 heterocycles. The summed E-state index contributed by atoms with van der Waals surface area (Å²) in [6.45, 7) is 4.19. The molecule has 1 amide bonds. The lowest BCUT2D eigenvalue weighted by atomic mass is 10.1. The van der Waals surface area contributed by atoms with Gasteiger partial charge in [-0.15, -0.1) is 0 Å². The molecule has 1 rings (SSSR count). The van der Waals surface area contributed by atoms with Gasteiger partial charge in [-0.05, 0) is 37.1 Å². The summed E-state index contributed by atoms with van der Waals surface area (Å²) in [5.74, 6) is -1.19. The Morgan fingerprint density at radius 3 is 2.00 bits per heavy atom. The number of carboxylic acids is 1. The van der Waals surface area contributed by atoms with Crippen LogP contribution in [0.5, 0.6) is 0 Å². The Kier molecular flexibility index (Phi) is 6.18. The molecule has 0 fully saturated rings. The minimum atomic E-state index is -1.02. The van der Waals surface area contributed by atoms with Gasteiger partial charge >= 0.3 is 5.97 Å². The number of aromatic carboxylic acids is 1. The number of hydrogen-bond acceptors (Lipinski definition) is 3. The van der Waals surface area contributed by atoms with E-state index in [-0.39, 0.29) is 30.7 Å². The largest absolute Gasteiger partial charge is 0.478 e. The molecule has 0 atom stereocenters. The van der Waals surface area contributed by atoms with Crippen molar-refractivity contribution in [3.63, 3.8) is 0 Å². The number of carboxylic acid groups (broad SMARTS) is 1. The van der Waals surface area contributed by atoms with Crippen molar-refractivity contribution >= 4 is 11.9 Å². The molecule has 5 heteroatoms. The van der Waals surface area contributed by atoms with Crippen LogP contribution < -0.4 is 0 Å². The van der Waals surface area contributed by atoms with Gasteiger partial charge in [0.2, 0.25) is 0 Å². The van der Waals surface area contributed by atoms with Gasteiger partial charge in [0.25, 0.3) is 5.91 Å². The Morgan fingerprint density at radius 1 is 1.10 bits per heavy atom. The second-order valence-electron chi connectivity index (χ2n) is 4.57. The number of amides is 1. The third-order valence-electron chi connectivity index (χ3n) is 3.36. The molecule has 0 aliphatic heterocycles. The highest BCUT2D eigenvalue weighted by molar-refractivity contribution is 5.96. The summed E-state index contributed by atoms with van der Waals surface area (Å²) >= 11 is 0. The van der Waals surface area contributed by atoms with Gasteiger partial charge in [-0.1, -0.05) is 13.8 Å². The molecule has 0 unspecified atom stereocenters. The first kappa shape index (κ1) is 16.2. The van der Waals surface area contributed by atoms with E-state index in [0.717, 1.165) is 12.8 Å². The number of rotatable bonds is 7. The highest BCUT2D eigenvalue weighted by Crippen LogP contribution is 2.14. The Hall–Kier alpha value is -1.88. The van der Waals surface area contributed by atoms with Crippen molar-refractivity contribution in [2.24, 2.45) is 0 Å². The van der Waals surface area contributed by atoms with Gasteiger partial charge in [0.15, 0.2) is 0 Å². The van der Waals surface area contributed by atoms with Crippen molar-refractivity contribution in [2.45, 2.75) is 32.7 Å². The molecule has 1 aromatic carbocycles. The quantitative estimate of drug-likeness (QED) is 0.800. The molecule has 0 aliphatic carbocycles. The van der Waals surface area contributed by atoms with Crippen molar-refractivity contribution in [3.05, 3.63) is 35.4 Å². The molecule has 0 bridgehead atoms. The molecule has 1 aromatic rings. The van der Waals surface area contributed by atoms with E-state index in [2.05, 4.69) is 0 Å². The van der Waals surface area contributed by atoms with Crippen LogP contribution in [0.2, 0.25) is 0 Å². The topological polar surface area (TPSA) is 77.8 Å². The zero-order valence-electron chi connectivity index (χ0n) is 11.9. The zero-order valence-corrected chi connectivity index (χ0v) is 11.9. The second-order valence-corrected chi connectivity index (χ2v) is 4.57. The third-order valence-corrected chi connectivity index (χ3v) is 3.36. The molecule has 0 aliphatic rings. The van der Waals surface area contributed by atoms with E-state index in [9.17, 15) is 9.59 Å². The molecule has 0 radical (unpaired) electrons. The number of carbonyl (C=O) groups is 2. The molecular formula is C15H21NO4. The van der Waals surface area contributed by atoms with Gasteiger partial charge in [0, 0.05) is 18.2 Å². The Bertz CT molecular complexity index is 451. The van der Waals surface area contributed by atoms with Gasteiger partial charge in [0.05, 0.1) is 12.2 Å². The first-order valence-corrected chi connectivity index (χ1v) is 6.80. The van der Waals surface area contributed by atoms with E-state index in [4.69, 9.17) is 10.2 Å². The Labute approximate surface area is 118 Å². The number of nitrogens with zero attached hydrogens (tertiary/aromatic N) is 1. The Morgan fingerprint density at radius 2 is 1.60 bits per heavy atom.